The summed E-state index contributed by atoms with van der Waals surface area (Å²) in [4.78, 5) is 0. The molecule has 0 radical (unpaired) electrons. The molecule has 0 heterocycles. The van der Waals surface area contributed by atoms with Crippen LogP contribution in [0.2, 0.25) is 0 Å². The van der Waals surface area contributed by atoms with E-state index in [1.54, 1.807) is 0 Å². The summed E-state index contributed by atoms with van der Waals surface area (Å²) in [5.41, 5.74) is 8.50. The Kier molecular flexibility index (Phi) is 6.33. The quantitative estimate of drug-likeness (QED) is 0.840. The molecule has 3 N–H and O–H groups in total. The van der Waals surface area contributed by atoms with Crippen molar-refractivity contribution in [3.63, 3.8) is 0 Å². The molecule has 0 fully saturated rings. The van der Waals surface area contributed by atoms with Crippen LogP contribution < -0.4 is 5.73 Å². The number of rotatable bonds is 6. The molecule has 0 aromatic heterocycles. The van der Waals surface area contributed by atoms with Crippen LogP contribution in [0.1, 0.15) is 50.2 Å². The van der Waals surface area contributed by atoms with Crippen molar-refractivity contribution < 1.29 is 5.11 Å². The largest absolute Gasteiger partial charge is 0.391 e. The predicted octanol–water partition coefficient (Wildman–Crippen LogP) is 3.74. The first-order valence-corrected chi connectivity index (χ1v) is 7.45. The summed E-state index contributed by atoms with van der Waals surface area (Å²) in [6.45, 7) is 6.35. The zero-order chi connectivity index (χ0) is 13.7. The fourth-order valence-electron chi connectivity index (χ4n) is 2.35. The molecule has 0 amide bonds. The number of aliphatic hydroxyl groups excluding tert-OH is 1. The molecule has 1 aromatic rings. The fraction of sp³-hybridized carbons (Fsp3) is 0.600. The molecule has 0 aliphatic carbocycles. The van der Waals surface area contributed by atoms with E-state index in [0.717, 1.165) is 23.7 Å². The lowest BCUT2D eigenvalue weighted by Gasteiger charge is -2.23. The van der Waals surface area contributed by atoms with Crippen molar-refractivity contribution in [3.8, 4) is 0 Å². The maximum Gasteiger partial charge on any atom is 0.0696 e. The smallest absolute Gasteiger partial charge is 0.0696 e. The Morgan fingerprint density at radius 3 is 2.67 bits per heavy atom. The van der Waals surface area contributed by atoms with Crippen LogP contribution in [0, 0.1) is 6.92 Å². The van der Waals surface area contributed by atoms with Gasteiger partial charge in [0.15, 0.2) is 0 Å². The van der Waals surface area contributed by atoms with Crippen molar-refractivity contribution in [2.75, 3.05) is 0 Å². The van der Waals surface area contributed by atoms with Crippen molar-refractivity contribution in [3.05, 3.63) is 33.8 Å². The van der Waals surface area contributed by atoms with Crippen molar-refractivity contribution in [2.24, 2.45) is 5.73 Å². The molecular weight excluding hydrogens is 290 g/mol. The summed E-state index contributed by atoms with van der Waals surface area (Å²) in [6, 6.07) is 6.11. The van der Waals surface area contributed by atoms with Crippen molar-refractivity contribution in [1.29, 1.82) is 0 Å². The second-order valence-electron chi connectivity index (χ2n) is 5.11. The lowest BCUT2D eigenvalue weighted by molar-refractivity contribution is 0.124. The summed E-state index contributed by atoms with van der Waals surface area (Å²) in [6.07, 6.45) is 2.20. The van der Waals surface area contributed by atoms with E-state index in [9.17, 15) is 5.11 Å². The Labute approximate surface area is 119 Å². The molecular formula is C15H24BrNO. The third-order valence-corrected chi connectivity index (χ3v) is 4.41. The molecule has 3 heteroatoms. The third kappa shape index (κ3) is 4.08. The Hall–Kier alpha value is -0.380. The van der Waals surface area contributed by atoms with E-state index in [-0.39, 0.29) is 6.04 Å². The van der Waals surface area contributed by atoms with Crippen LogP contribution in [-0.2, 0) is 0 Å². The molecule has 2 nitrogen and oxygen atoms in total. The van der Waals surface area contributed by atoms with Gasteiger partial charge in [0.1, 0.15) is 0 Å². The second kappa shape index (κ2) is 7.27. The second-order valence-corrected chi connectivity index (χ2v) is 5.97. The fourth-order valence-corrected chi connectivity index (χ4v) is 2.73. The van der Waals surface area contributed by atoms with Gasteiger partial charge >= 0.3 is 0 Å². The highest BCUT2D eigenvalue weighted by Gasteiger charge is 2.19. The maximum atomic E-state index is 10.1. The predicted molar refractivity (Wildman–Crippen MR) is 80.8 cm³/mol. The van der Waals surface area contributed by atoms with Crippen molar-refractivity contribution in [1.82, 2.24) is 0 Å². The third-order valence-electron chi connectivity index (χ3n) is 3.55. The highest BCUT2D eigenvalue weighted by Crippen LogP contribution is 2.29. The van der Waals surface area contributed by atoms with Crippen LogP contribution in [0.15, 0.2) is 22.7 Å². The Morgan fingerprint density at radius 1 is 1.39 bits per heavy atom. The summed E-state index contributed by atoms with van der Waals surface area (Å²) in [5.74, 6) is 0.320. The highest BCUT2D eigenvalue weighted by atomic mass is 79.9. The average Bonchev–Trinajstić information content (AvgIpc) is 2.32. The SMILES string of the molecule is CCCC(N)C(O)CC(C)c1cccc(Br)c1C. The zero-order valence-electron chi connectivity index (χ0n) is 11.5. The standard InChI is InChI=1S/C15H24BrNO/c1-4-6-14(17)15(18)9-10(2)12-7-5-8-13(16)11(12)3/h5,7-8,10,14-15,18H,4,6,9,17H2,1-3H3. The molecule has 102 valence electrons. The van der Waals surface area contributed by atoms with Gasteiger partial charge in [0.2, 0.25) is 0 Å². The first-order valence-electron chi connectivity index (χ1n) is 6.66. The highest BCUT2D eigenvalue weighted by molar-refractivity contribution is 9.10. The van der Waals surface area contributed by atoms with Crippen molar-refractivity contribution in [2.45, 2.75) is 58.1 Å². The van der Waals surface area contributed by atoms with Gasteiger partial charge in [-0.1, -0.05) is 48.3 Å². The van der Waals surface area contributed by atoms with Crippen LogP contribution in [0.3, 0.4) is 0 Å². The topological polar surface area (TPSA) is 46.2 Å². The minimum absolute atomic E-state index is 0.107. The molecule has 1 aromatic carbocycles. The normalized spacial score (nSPS) is 16.3. The van der Waals surface area contributed by atoms with E-state index in [4.69, 9.17) is 5.73 Å². The Balaban J connectivity index is 2.70. The summed E-state index contributed by atoms with van der Waals surface area (Å²) >= 11 is 3.55. The molecule has 0 saturated heterocycles. The van der Waals surface area contributed by atoms with Gasteiger partial charge in [-0.05, 0) is 42.9 Å². The molecule has 0 saturated carbocycles. The Morgan fingerprint density at radius 2 is 2.06 bits per heavy atom. The molecule has 3 unspecified atom stereocenters. The van der Waals surface area contributed by atoms with Gasteiger partial charge in [-0.3, -0.25) is 0 Å². The molecule has 1 rings (SSSR count). The first-order chi connectivity index (χ1) is 8.47. The molecule has 0 spiro atoms. The molecule has 18 heavy (non-hydrogen) atoms. The first kappa shape index (κ1) is 15.7. The number of aliphatic hydroxyl groups is 1. The van der Waals surface area contributed by atoms with E-state index in [2.05, 4.69) is 42.8 Å². The van der Waals surface area contributed by atoms with Crippen LogP contribution in [-0.4, -0.2) is 17.3 Å². The van der Waals surface area contributed by atoms with Crippen LogP contribution in [0.5, 0.6) is 0 Å². The number of hydrogen-bond donors (Lipinski definition) is 2. The van der Waals surface area contributed by atoms with Crippen LogP contribution >= 0.6 is 15.9 Å². The molecule has 3 atom stereocenters. The molecule has 0 aliphatic rings. The van der Waals surface area contributed by atoms with Gasteiger partial charge in [-0.15, -0.1) is 0 Å². The lowest BCUT2D eigenvalue weighted by atomic mass is 9.89. The lowest BCUT2D eigenvalue weighted by Crippen LogP contribution is -2.35. The number of hydrogen-bond acceptors (Lipinski definition) is 2. The van der Waals surface area contributed by atoms with Gasteiger partial charge in [0.25, 0.3) is 0 Å². The van der Waals surface area contributed by atoms with Crippen molar-refractivity contribution >= 4 is 15.9 Å². The van der Waals surface area contributed by atoms with Gasteiger partial charge in [0, 0.05) is 10.5 Å². The zero-order valence-corrected chi connectivity index (χ0v) is 13.1. The monoisotopic (exact) mass is 313 g/mol. The summed E-state index contributed by atoms with van der Waals surface area (Å²) in [5, 5.41) is 10.1. The Bertz CT molecular complexity index is 381. The number of nitrogens with two attached hydrogens (primary N) is 1. The summed E-state index contributed by atoms with van der Waals surface area (Å²) < 4.78 is 1.12. The van der Waals surface area contributed by atoms with Crippen LogP contribution in [0.25, 0.3) is 0 Å². The number of halogens is 1. The van der Waals surface area contributed by atoms with Gasteiger partial charge in [-0.2, -0.15) is 0 Å². The van der Waals surface area contributed by atoms with Gasteiger partial charge in [-0.25, -0.2) is 0 Å². The average molecular weight is 314 g/mol. The number of benzene rings is 1. The van der Waals surface area contributed by atoms with E-state index >= 15 is 0 Å². The van der Waals surface area contributed by atoms with Crippen LogP contribution in [0.4, 0.5) is 0 Å². The van der Waals surface area contributed by atoms with E-state index in [0.29, 0.717) is 5.92 Å². The minimum atomic E-state index is -0.418. The van der Waals surface area contributed by atoms with Gasteiger partial charge < -0.3 is 10.8 Å². The van der Waals surface area contributed by atoms with Gasteiger partial charge in [0.05, 0.1) is 6.10 Å². The summed E-state index contributed by atoms with van der Waals surface area (Å²) in [7, 11) is 0. The maximum absolute atomic E-state index is 10.1. The minimum Gasteiger partial charge on any atom is -0.391 e. The van der Waals surface area contributed by atoms with E-state index < -0.39 is 6.10 Å². The van der Waals surface area contributed by atoms with E-state index in [1.165, 1.54) is 11.1 Å². The van der Waals surface area contributed by atoms with E-state index in [1.807, 2.05) is 12.1 Å². The molecule has 0 aliphatic heterocycles. The molecule has 0 bridgehead atoms.